The number of nitrogens with one attached hydrogen (secondary N) is 2. The van der Waals surface area contributed by atoms with E-state index in [0.29, 0.717) is 82.4 Å². The van der Waals surface area contributed by atoms with E-state index in [-0.39, 0.29) is 37.9 Å². The van der Waals surface area contributed by atoms with Crippen LogP contribution in [-0.2, 0) is 31.9 Å². The van der Waals surface area contributed by atoms with Crippen molar-refractivity contribution in [2.45, 2.75) is 26.7 Å². The molecule has 0 bridgehead atoms. The number of furan rings is 2. The van der Waals surface area contributed by atoms with Gasteiger partial charge in [0.05, 0.1) is 39.3 Å². The first-order chi connectivity index (χ1) is 28.0. The van der Waals surface area contributed by atoms with Crippen molar-refractivity contribution >= 4 is 45.7 Å². The van der Waals surface area contributed by atoms with Gasteiger partial charge < -0.3 is 39.2 Å². The lowest BCUT2D eigenvalue weighted by atomic mass is 10.1. The first kappa shape index (κ1) is 40.5. The molecule has 12 nitrogen and oxygen atoms in total. The fourth-order valence-corrected chi connectivity index (χ4v) is 6.05. The average Bonchev–Trinajstić information content (AvgIpc) is 3.72. The van der Waals surface area contributed by atoms with Crippen LogP contribution in [0.15, 0.2) is 93.8 Å². The zero-order chi connectivity index (χ0) is 41.0. The van der Waals surface area contributed by atoms with Crippen LogP contribution in [0.1, 0.15) is 65.6 Å². The maximum atomic E-state index is 12.6. The molecule has 4 N–H and O–H groups in total. The molecular formula is C46H40N2O10. The van der Waals surface area contributed by atoms with E-state index in [2.05, 4.69) is 34.3 Å². The minimum absolute atomic E-state index is 0.207. The first-order valence-corrected chi connectivity index (χ1v) is 18.5. The summed E-state index contributed by atoms with van der Waals surface area (Å²) in [5, 5.41) is 25.9. The molecule has 0 saturated heterocycles. The molecule has 2 aromatic heterocycles. The van der Waals surface area contributed by atoms with E-state index < -0.39 is 11.9 Å². The number of amides is 2. The van der Waals surface area contributed by atoms with E-state index in [1.807, 2.05) is 38.1 Å². The molecule has 6 rings (SSSR count). The summed E-state index contributed by atoms with van der Waals surface area (Å²) in [6.45, 7) is 5.63. The van der Waals surface area contributed by atoms with Crippen LogP contribution >= 0.6 is 0 Å². The number of rotatable bonds is 15. The smallest absolute Gasteiger partial charge is 0.308 e. The van der Waals surface area contributed by atoms with Crippen LogP contribution in [0.3, 0.4) is 0 Å². The molecule has 2 amide bonds. The van der Waals surface area contributed by atoms with Gasteiger partial charge in [-0.3, -0.25) is 19.2 Å². The second-order valence-corrected chi connectivity index (χ2v) is 13.4. The van der Waals surface area contributed by atoms with Crippen molar-refractivity contribution in [1.29, 1.82) is 0 Å². The van der Waals surface area contributed by atoms with Gasteiger partial charge in [-0.1, -0.05) is 35.1 Å². The summed E-state index contributed by atoms with van der Waals surface area (Å²) < 4.78 is 22.8. The molecule has 0 aliphatic rings. The number of carboxylic acid groups (broad SMARTS) is 2. The van der Waals surface area contributed by atoms with Gasteiger partial charge in [0.15, 0.2) is 11.5 Å². The molecule has 6 aromatic rings. The summed E-state index contributed by atoms with van der Waals surface area (Å²) in [6.07, 6.45) is -0.414. The largest absolute Gasteiger partial charge is 0.481 e. The summed E-state index contributed by atoms with van der Waals surface area (Å²) in [4.78, 5) is 48.1. The minimum atomic E-state index is -0.974. The summed E-state index contributed by atoms with van der Waals surface area (Å²) in [6, 6.07) is 24.6. The van der Waals surface area contributed by atoms with E-state index in [0.717, 1.165) is 21.9 Å². The fraction of sp³-hybridized carbons (Fsp3) is 0.217. The maximum absolute atomic E-state index is 12.6. The number of carbonyl (C=O) groups is 4. The molecular weight excluding hydrogens is 741 g/mol. The molecule has 0 fully saturated rings. The summed E-state index contributed by atoms with van der Waals surface area (Å²) >= 11 is 0. The third kappa shape index (κ3) is 10.8. The van der Waals surface area contributed by atoms with Gasteiger partial charge >= 0.3 is 11.9 Å². The Bertz CT molecular complexity index is 2410. The van der Waals surface area contributed by atoms with Crippen molar-refractivity contribution in [3.05, 3.63) is 141 Å². The van der Waals surface area contributed by atoms with E-state index in [1.165, 1.54) is 0 Å². The van der Waals surface area contributed by atoms with E-state index in [1.54, 1.807) is 60.7 Å². The zero-order valence-electron chi connectivity index (χ0n) is 31.9. The number of fused-ring (bicyclic) bond motifs is 2. The standard InChI is InChI=1S/C46H40N2O10/c1-29-3-15-39-35(25-29)37(27-43(49)50)41(57-39)17-9-31-5-11-33(12-6-31)45(53)47-19-21-55-23-24-56-22-20-48-46(54)34-13-7-32(8-14-34)10-18-42-38(28-44(51)52)36-26-30(2)4-16-40(36)58-42/h3-8,11-16,25-26H,19-24,27-28H2,1-2H3,(H,47,53)(H,48,54)(H,49,50)(H,51,52). The highest BCUT2D eigenvalue weighted by molar-refractivity contribution is 5.95. The Morgan fingerprint density at radius 3 is 1.33 bits per heavy atom. The second kappa shape index (κ2) is 19.2. The number of ether oxygens (including phenoxy) is 2. The van der Waals surface area contributed by atoms with Crippen LogP contribution in [0.25, 0.3) is 21.9 Å². The van der Waals surface area contributed by atoms with Gasteiger partial charge in [0.1, 0.15) is 11.2 Å². The number of hydrogen-bond donors (Lipinski definition) is 4. The third-order valence-corrected chi connectivity index (χ3v) is 8.92. The fourth-order valence-electron chi connectivity index (χ4n) is 6.05. The molecule has 0 radical (unpaired) electrons. The highest BCUT2D eigenvalue weighted by Crippen LogP contribution is 2.28. The van der Waals surface area contributed by atoms with Crippen LogP contribution < -0.4 is 10.6 Å². The van der Waals surface area contributed by atoms with Gasteiger partial charge in [0, 0.05) is 57.2 Å². The van der Waals surface area contributed by atoms with Crippen molar-refractivity contribution in [1.82, 2.24) is 10.6 Å². The molecule has 0 spiro atoms. The van der Waals surface area contributed by atoms with Crippen molar-refractivity contribution in [2.75, 3.05) is 39.5 Å². The number of aryl methyl sites for hydroxylation is 2. The van der Waals surface area contributed by atoms with Crippen molar-refractivity contribution in [3.63, 3.8) is 0 Å². The van der Waals surface area contributed by atoms with Crippen LogP contribution in [0.5, 0.6) is 0 Å². The molecule has 0 aliphatic carbocycles. The topological polar surface area (TPSA) is 178 Å². The molecule has 0 unspecified atom stereocenters. The van der Waals surface area contributed by atoms with Crippen LogP contribution in [0.4, 0.5) is 0 Å². The van der Waals surface area contributed by atoms with Gasteiger partial charge in [-0.25, -0.2) is 0 Å². The van der Waals surface area contributed by atoms with Gasteiger partial charge in [0.2, 0.25) is 0 Å². The predicted molar refractivity (Wildman–Crippen MR) is 216 cm³/mol. The van der Waals surface area contributed by atoms with Crippen molar-refractivity contribution in [3.8, 4) is 23.7 Å². The Morgan fingerprint density at radius 1 is 0.552 bits per heavy atom. The Labute approximate surface area is 334 Å². The Morgan fingerprint density at radius 2 is 0.948 bits per heavy atom. The van der Waals surface area contributed by atoms with E-state index in [9.17, 15) is 29.4 Å². The maximum Gasteiger partial charge on any atom is 0.308 e. The van der Waals surface area contributed by atoms with Crippen molar-refractivity contribution in [2.24, 2.45) is 0 Å². The molecule has 58 heavy (non-hydrogen) atoms. The Balaban J connectivity index is 0.859. The summed E-state index contributed by atoms with van der Waals surface area (Å²) in [7, 11) is 0. The highest BCUT2D eigenvalue weighted by Gasteiger charge is 2.17. The normalized spacial score (nSPS) is 10.7. The SMILES string of the molecule is Cc1ccc2oc(C#Cc3ccc(C(=O)NCCOCCOCCNC(=O)c4ccc(C#Cc5oc6ccc(C)cc6c5CC(=O)O)cc4)cc3)c(CC(=O)O)c2c1. The zero-order valence-corrected chi connectivity index (χ0v) is 31.9. The molecule has 294 valence electrons. The number of carbonyl (C=O) groups excluding carboxylic acids is 2. The third-order valence-electron chi connectivity index (χ3n) is 8.92. The van der Waals surface area contributed by atoms with Crippen molar-refractivity contribution < 1.29 is 47.7 Å². The first-order valence-electron chi connectivity index (χ1n) is 18.5. The Kier molecular flexibility index (Phi) is 13.4. The molecule has 0 aliphatic heterocycles. The molecule has 12 heteroatoms. The Hall–Kier alpha value is -7.12. The minimum Gasteiger partial charge on any atom is -0.481 e. The van der Waals surface area contributed by atoms with Gasteiger partial charge in [-0.2, -0.15) is 0 Å². The van der Waals surface area contributed by atoms with Crippen LogP contribution in [-0.4, -0.2) is 73.5 Å². The lowest BCUT2D eigenvalue weighted by Gasteiger charge is -2.08. The highest BCUT2D eigenvalue weighted by atomic mass is 16.5. The molecule has 0 saturated carbocycles. The molecule has 0 atom stereocenters. The molecule has 2 heterocycles. The number of carboxylic acids is 2. The van der Waals surface area contributed by atoms with E-state index >= 15 is 0 Å². The predicted octanol–water partition coefficient (Wildman–Crippen LogP) is 6.04. The number of aliphatic carboxylic acids is 2. The quantitative estimate of drug-likeness (QED) is 0.0710. The van der Waals surface area contributed by atoms with Crippen LogP contribution in [0.2, 0.25) is 0 Å². The van der Waals surface area contributed by atoms with Gasteiger partial charge in [-0.15, -0.1) is 0 Å². The summed E-state index contributed by atoms with van der Waals surface area (Å²) in [5.41, 5.74) is 6.38. The lowest BCUT2D eigenvalue weighted by molar-refractivity contribution is -0.137. The summed E-state index contributed by atoms with van der Waals surface area (Å²) in [5.74, 6) is 10.0. The number of benzene rings is 4. The lowest BCUT2D eigenvalue weighted by Crippen LogP contribution is -2.28. The van der Waals surface area contributed by atoms with Gasteiger partial charge in [-0.05, 0) is 98.5 Å². The van der Waals surface area contributed by atoms with Crippen LogP contribution in [0, 0.1) is 37.5 Å². The van der Waals surface area contributed by atoms with E-state index in [4.69, 9.17) is 18.3 Å². The van der Waals surface area contributed by atoms with Gasteiger partial charge in [0.25, 0.3) is 11.8 Å². The average molecular weight is 781 g/mol. The second-order valence-electron chi connectivity index (χ2n) is 13.4. The number of hydrogen-bond acceptors (Lipinski definition) is 8. The monoisotopic (exact) mass is 780 g/mol. The molecule has 4 aromatic carbocycles.